The van der Waals surface area contributed by atoms with Gasteiger partial charge >= 0.3 is 6.03 Å². The summed E-state index contributed by atoms with van der Waals surface area (Å²) in [5.41, 5.74) is 1.52. The standard InChI is InChI=1S/C16H16FN3O2/c1-11(21)19-13-6-4-7-14(9-13)20-16(22)18-10-12-5-2-3-8-15(12)17/h2-9H,10H2,1H3,(H,19,21)(H2,18,20,22). The zero-order valence-electron chi connectivity index (χ0n) is 12.0. The Balaban J connectivity index is 1.92. The molecule has 3 N–H and O–H groups in total. The third-order valence-electron chi connectivity index (χ3n) is 2.84. The normalized spacial score (nSPS) is 9.91. The van der Waals surface area contributed by atoms with E-state index in [0.29, 0.717) is 16.9 Å². The number of hydrogen-bond acceptors (Lipinski definition) is 2. The zero-order chi connectivity index (χ0) is 15.9. The van der Waals surface area contributed by atoms with Crippen LogP contribution in [0.1, 0.15) is 12.5 Å². The molecule has 0 fully saturated rings. The van der Waals surface area contributed by atoms with Crippen LogP contribution < -0.4 is 16.0 Å². The molecule has 3 amide bonds. The Bertz CT molecular complexity index is 689. The Morgan fingerprint density at radius 3 is 2.36 bits per heavy atom. The number of rotatable bonds is 4. The van der Waals surface area contributed by atoms with E-state index in [4.69, 9.17) is 0 Å². The SMILES string of the molecule is CC(=O)Nc1cccc(NC(=O)NCc2ccccc2F)c1. The summed E-state index contributed by atoms with van der Waals surface area (Å²) in [4.78, 5) is 22.8. The Morgan fingerprint density at radius 2 is 1.68 bits per heavy atom. The molecule has 22 heavy (non-hydrogen) atoms. The zero-order valence-corrected chi connectivity index (χ0v) is 12.0. The van der Waals surface area contributed by atoms with E-state index in [1.165, 1.54) is 13.0 Å². The fourth-order valence-electron chi connectivity index (χ4n) is 1.87. The molecule has 0 aliphatic rings. The molecule has 2 aromatic carbocycles. The van der Waals surface area contributed by atoms with Gasteiger partial charge in [-0.1, -0.05) is 24.3 Å². The summed E-state index contributed by atoms with van der Waals surface area (Å²) in [5, 5.41) is 7.82. The van der Waals surface area contributed by atoms with Crippen molar-refractivity contribution in [1.82, 2.24) is 5.32 Å². The van der Waals surface area contributed by atoms with Gasteiger partial charge in [0, 0.05) is 30.4 Å². The highest BCUT2D eigenvalue weighted by Crippen LogP contribution is 2.15. The smallest absolute Gasteiger partial charge is 0.319 e. The molecule has 6 heteroatoms. The molecule has 2 aromatic rings. The number of urea groups is 1. The van der Waals surface area contributed by atoms with E-state index in [0.717, 1.165) is 0 Å². The molecule has 0 saturated carbocycles. The molecular weight excluding hydrogens is 285 g/mol. The second-order valence-corrected chi connectivity index (χ2v) is 4.66. The number of carbonyl (C=O) groups excluding carboxylic acids is 2. The number of benzene rings is 2. The van der Waals surface area contributed by atoms with Gasteiger partial charge in [-0.2, -0.15) is 0 Å². The number of carbonyl (C=O) groups is 2. The van der Waals surface area contributed by atoms with E-state index in [-0.39, 0.29) is 18.3 Å². The summed E-state index contributed by atoms with van der Waals surface area (Å²) >= 11 is 0. The molecule has 0 aromatic heterocycles. The molecular formula is C16H16FN3O2. The summed E-state index contributed by atoms with van der Waals surface area (Å²) in [5.74, 6) is -0.559. The summed E-state index contributed by atoms with van der Waals surface area (Å²) in [6.07, 6.45) is 0. The number of hydrogen-bond donors (Lipinski definition) is 3. The Kier molecular flexibility index (Phi) is 5.08. The first-order chi connectivity index (χ1) is 10.5. The minimum atomic E-state index is -0.455. The number of nitrogens with one attached hydrogen (secondary N) is 3. The summed E-state index contributed by atoms with van der Waals surface area (Å²) in [6.45, 7) is 1.49. The average Bonchev–Trinajstić information content (AvgIpc) is 2.46. The third kappa shape index (κ3) is 4.59. The molecule has 2 rings (SSSR count). The minimum Gasteiger partial charge on any atom is -0.334 e. The molecule has 0 bridgehead atoms. The Morgan fingerprint density at radius 1 is 1.00 bits per heavy atom. The number of halogens is 1. The van der Waals surface area contributed by atoms with Gasteiger partial charge in [0.25, 0.3) is 0 Å². The van der Waals surface area contributed by atoms with Gasteiger partial charge in [-0.05, 0) is 24.3 Å². The lowest BCUT2D eigenvalue weighted by atomic mass is 10.2. The number of anilines is 2. The van der Waals surface area contributed by atoms with Crippen molar-refractivity contribution in [1.29, 1.82) is 0 Å². The van der Waals surface area contributed by atoms with Crippen LogP contribution in [0, 0.1) is 5.82 Å². The minimum absolute atomic E-state index is 0.0872. The van der Waals surface area contributed by atoms with Crippen LogP contribution in [0.5, 0.6) is 0 Å². The van der Waals surface area contributed by atoms with Crippen LogP contribution in [0.15, 0.2) is 48.5 Å². The van der Waals surface area contributed by atoms with E-state index >= 15 is 0 Å². The van der Waals surface area contributed by atoms with E-state index in [2.05, 4.69) is 16.0 Å². The van der Waals surface area contributed by atoms with Gasteiger partial charge in [-0.15, -0.1) is 0 Å². The summed E-state index contributed by atoms with van der Waals surface area (Å²) in [7, 11) is 0. The molecule has 5 nitrogen and oxygen atoms in total. The molecule has 0 heterocycles. The fourth-order valence-corrected chi connectivity index (χ4v) is 1.87. The van der Waals surface area contributed by atoms with Crippen molar-refractivity contribution < 1.29 is 14.0 Å². The van der Waals surface area contributed by atoms with Gasteiger partial charge in [0.05, 0.1) is 0 Å². The highest BCUT2D eigenvalue weighted by molar-refractivity contribution is 5.92. The van der Waals surface area contributed by atoms with Gasteiger partial charge in [-0.3, -0.25) is 4.79 Å². The summed E-state index contributed by atoms with van der Waals surface area (Å²) < 4.78 is 13.4. The molecule has 0 aliphatic carbocycles. The molecule has 0 aliphatic heterocycles. The van der Waals surface area contributed by atoms with E-state index in [1.54, 1.807) is 42.5 Å². The van der Waals surface area contributed by atoms with E-state index in [9.17, 15) is 14.0 Å². The highest BCUT2D eigenvalue weighted by Gasteiger charge is 2.05. The Hall–Kier alpha value is -2.89. The van der Waals surface area contributed by atoms with Crippen LogP contribution in [-0.4, -0.2) is 11.9 Å². The van der Waals surface area contributed by atoms with Crippen LogP contribution >= 0.6 is 0 Å². The van der Waals surface area contributed by atoms with Crippen LogP contribution in [0.4, 0.5) is 20.6 Å². The van der Waals surface area contributed by atoms with Crippen molar-refractivity contribution in [2.45, 2.75) is 13.5 Å². The fraction of sp³-hybridized carbons (Fsp3) is 0.125. The monoisotopic (exact) mass is 301 g/mol. The molecule has 114 valence electrons. The second-order valence-electron chi connectivity index (χ2n) is 4.66. The van der Waals surface area contributed by atoms with Crippen molar-refractivity contribution in [3.8, 4) is 0 Å². The number of amides is 3. The van der Waals surface area contributed by atoms with Gasteiger partial charge in [0.15, 0.2) is 0 Å². The summed E-state index contributed by atoms with van der Waals surface area (Å²) in [6, 6.07) is 12.5. The lowest BCUT2D eigenvalue weighted by molar-refractivity contribution is -0.114. The molecule has 0 radical (unpaired) electrons. The highest BCUT2D eigenvalue weighted by atomic mass is 19.1. The van der Waals surface area contributed by atoms with Crippen molar-refractivity contribution in [3.63, 3.8) is 0 Å². The average molecular weight is 301 g/mol. The van der Waals surface area contributed by atoms with Crippen LogP contribution in [0.2, 0.25) is 0 Å². The third-order valence-corrected chi connectivity index (χ3v) is 2.84. The largest absolute Gasteiger partial charge is 0.334 e. The second kappa shape index (κ2) is 7.21. The van der Waals surface area contributed by atoms with Crippen LogP contribution in [-0.2, 0) is 11.3 Å². The maximum Gasteiger partial charge on any atom is 0.319 e. The van der Waals surface area contributed by atoms with E-state index in [1.807, 2.05) is 0 Å². The van der Waals surface area contributed by atoms with E-state index < -0.39 is 6.03 Å². The van der Waals surface area contributed by atoms with Crippen molar-refractivity contribution in [2.24, 2.45) is 0 Å². The van der Waals surface area contributed by atoms with Gasteiger partial charge in [0.1, 0.15) is 5.82 Å². The first-order valence-electron chi connectivity index (χ1n) is 6.70. The molecule has 0 saturated heterocycles. The predicted molar refractivity (Wildman–Crippen MR) is 83.0 cm³/mol. The van der Waals surface area contributed by atoms with Crippen molar-refractivity contribution in [3.05, 3.63) is 59.9 Å². The predicted octanol–water partition coefficient (Wildman–Crippen LogP) is 3.11. The van der Waals surface area contributed by atoms with Gasteiger partial charge in [0.2, 0.25) is 5.91 Å². The quantitative estimate of drug-likeness (QED) is 0.812. The Labute approximate surface area is 127 Å². The molecule has 0 atom stereocenters. The first kappa shape index (κ1) is 15.5. The first-order valence-corrected chi connectivity index (χ1v) is 6.70. The molecule has 0 spiro atoms. The maximum atomic E-state index is 13.4. The van der Waals surface area contributed by atoms with Crippen molar-refractivity contribution >= 4 is 23.3 Å². The van der Waals surface area contributed by atoms with Gasteiger partial charge in [-0.25, -0.2) is 9.18 Å². The van der Waals surface area contributed by atoms with Crippen molar-refractivity contribution in [2.75, 3.05) is 10.6 Å². The lowest BCUT2D eigenvalue weighted by Crippen LogP contribution is -2.28. The van der Waals surface area contributed by atoms with Gasteiger partial charge < -0.3 is 16.0 Å². The van der Waals surface area contributed by atoms with Crippen LogP contribution in [0.25, 0.3) is 0 Å². The topological polar surface area (TPSA) is 70.2 Å². The lowest BCUT2D eigenvalue weighted by Gasteiger charge is -2.09. The maximum absolute atomic E-state index is 13.4. The molecule has 0 unspecified atom stereocenters. The van der Waals surface area contributed by atoms with Crippen LogP contribution in [0.3, 0.4) is 0 Å².